The van der Waals surface area contributed by atoms with Gasteiger partial charge in [0.15, 0.2) is 5.01 Å². The van der Waals surface area contributed by atoms with Crippen LogP contribution in [0.3, 0.4) is 0 Å². The maximum absolute atomic E-state index is 12.6. The standard InChI is InChI=1S/C10H7FN2OS/c11-7-1-3-8(4-2-7)13-9(14)10-12-5-6-15-10/h1-6H,(H,13,14). The van der Waals surface area contributed by atoms with E-state index in [-0.39, 0.29) is 11.7 Å². The molecule has 0 radical (unpaired) electrons. The predicted molar refractivity (Wildman–Crippen MR) is 56.5 cm³/mol. The van der Waals surface area contributed by atoms with Gasteiger partial charge in [0.25, 0.3) is 5.91 Å². The molecule has 0 unspecified atom stereocenters. The van der Waals surface area contributed by atoms with Crippen LogP contribution in [0.4, 0.5) is 10.1 Å². The largest absolute Gasteiger partial charge is 0.320 e. The van der Waals surface area contributed by atoms with Crippen molar-refractivity contribution in [3.63, 3.8) is 0 Å². The third-order valence-electron chi connectivity index (χ3n) is 1.73. The van der Waals surface area contributed by atoms with E-state index in [2.05, 4.69) is 10.3 Å². The van der Waals surface area contributed by atoms with Crippen molar-refractivity contribution in [2.24, 2.45) is 0 Å². The zero-order chi connectivity index (χ0) is 10.7. The summed E-state index contributed by atoms with van der Waals surface area (Å²) in [5.41, 5.74) is 0.552. The Morgan fingerprint density at radius 3 is 2.67 bits per heavy atom. The van der Waals surface area contributed by atoms with Gasteiger partial charge in [-0.25, -0.2) is 9.37 Å². The van der Waals surface area contributed by atoms with E-state index in [0.717, 1.165) is 0 Å². The Balaban J connectivity index is 2.09. The Morgan fingerprint density at radius 1 is 1.33 bits per heavy atom. The third kappa shape index (κ3) is 2.38. The van der Waals surface area contributed by atoms with E-state index in [1.54, 1.807) is 11.6 Å². The molecule has 1 heterocycles. The van der Waals surface area contributed by atoms with Crippen molar-refractivity contribution in [1.82, 2.24) is 4.98 Å². The first kappa shape index (κ1) is 9.79. The van der Waals surface area contributed by atoms with Gasteiger partial charge in [-0.2, -0.15) is 0 Å². The quantitative estimate of drug-likeness (QED) is 0.848. The van der Waals surface area contributed by atoms with Crippen molar-refractivity contribution in [2.45, 2.75) is 0 Å². The van der Waals surface area contributed by atoms with Crippen LogP contribution in [0.5, 0.6) is 0 Å². The summed E-state index contributed by atoms with van der Waals surface area (Å²) in [5, 5.41) is 4.72. The van der Waals surface area contributed by atoms with Gasteiger partial charge in [-0.3, -0.25) is 4.79 Å². The molecule has 1 aromatic heterocycles. The van der Waals surface area contributed by atoms with Gasteiger partial charge < -0.3 is 5.32 Å². The van der Waals surface area contributed by atoms with Crippen LogP contribution in [0.1, 0.15) is 9.80 Å². The molecule has 76 valence electrons. The van der Waals surface area contributed by atoms with Crippen LogP contribution in [0.15, 0.2) is 35.8 Å². The number of nitrogens with one attached hydrogen (secondary N) is 1. The molecule has 1 aromatic carbocycles. The first-order chi connectivity index (χ1) is 7.25. The zero-order valence-electron chi connectivity index (χ0n) is 7.61. The average Bonchev–Trinajstić information content (AvgIpc) is 2.74. The van der Waals surface area contributed by atoms with E-state index in [4.69, 9.17) is 0 Å². The number of nitrogens with zero attached hydrogens (tertiary/aromatic N) is 1. The lowest BCUT2D eigenvalue weighted by atomic mass is 10.3. The van der Waals surface area contributed by atoms with E-state index in [9.17, 15) is 9.18 Å². The summed E-state index contributed by atoms with van der Waals surface area (Å²) in [7, 11) is 0. The van der Waals surface area contributed by atoms with Gasteiger partial charge in [-0.1, -0.05) is 0 Å². The molecule has 0 spiro atoms. The van der Waals surface area contributed by atoms with E-state index >= 15 is 0 Å². The molecule has 2 aromatic rings. The highest BCUT2D eigenvalue weighted by atomic mass is 32.1. The van der Waals surface area contributed by atoms with Gasteiger partial charge in [0.1, 0.15) is 5.82 Å². The molecule has 0 saturated carbocycles. The molecule has 0 aliphatic rings. The maximum atomic E-state index is 12.6. The van der Waals surface area contributed by atoms with Crippen molar-refractivity contribution in [3.05, 3.63) is 46.7 Å². The lowest BCUT2D eigenvalue weighted by Gasteiger charge is -2.01. The smallest absolute Gasteiger partial charge is 0.284 e. The van der Waals surface area contributed by atoms with Crippen LogP contribution in [0, 0.1) is 5.82 Å². The molecule has 1 N–H and O–H groups in total. The number of thiazole rings is 1. The Labute approximate surface area is 89.6 Å². The number of amides is 1. The first-order valence-electron chi connectivity index (χ1n) is 4.22. The van der Waals surface area contributed by atoms with Crippen LogP contribution >= 0.6 is 11.3 Å². The summed E-state index contributed by atoms with van der Waals surface area (Å²) >= 11 is 1.26. The number of halogens is 1. The monoisotopic (exact) mass is 222 g/mol. The second-order valence-corrected chi connectivity index (χ2v) is 3.69. The minimum atomic E-state index is -0.331. The fraction of sp³-hybridized carbons (Fsp3) is 0. The second kappa shape index (κ2) is 4.18. The molecule has 0 fully saturated rings. The molecule has 0 saturated heterocycles. The SMILES string of the molecule is O=C(Nc1ccc(F)cc1)c1nccs1. The topological polar surface area (TPSA) is 42.0 Å². The summed E-state index contributed by atoms with van der Waals surface area (Å²) in [4.78, 5) is 15.4. The van der Waals surface area contributed by atoms with Crippen molar-refractivity contribution in [1.29, 1.82) is 0 Å². The van der Waals surface area contributed by atoms with Gasteiger partial charge in [-0.15, -0.1) is 11.3 Å². The minimum Gasteiger partial charge on any atom is -0.320 e. The van der Waals surface area contributed by atoms with Crippen LogP contribution in [-0.4, -0.2) is 10.9 Å². The minimum absolute atomic E-state index is 0.281. The molecular formula is C10H7FN2OS. The molecule has 0 atom stereocenters. The number of hydrogen-bond donors (Lipinski definition) is 1. The van der Waals surface area contributed by atoms with E-state index < -0.39 is 0 Å². The Hall–Kier alpha value is -1.75. The molecule has 3 nitrogen and oxygen atoms in total. The number of rotatable bonds is 2. The van der Waals surface area contributed by atoms with Crippen LogP contribution in [0.25, 0.3) is 0 Å². The zero-order valence-corrected chi connectivity index (χ0v) is 8.42. The van der Waals surface area contributed by atoms with Crippen molar-refractivity contribution >= 4 is 22.9 Å². The van der Waals surface area contributed by atoms with Gasteiger partial charge in [0.05, 0.1) is 0 Å². The number of carbonyl (C=O) groups is 1. The predicted octanol–water partition coefficient (Wildman–Crippen LogP) is 2.53. The molecule has 5 heteroatoms. The van der Waals surface area contributed by atoms with Gasteiger partial charge in [-0.05, 0) is 24.3 Å². The normalized spacial score (nSPS) is 9.93. The highest BCUT2D eigenvalue weighted by Crippen LogP contribution is 2.11. The Morgan fingerprint density at radius 2 is 2.07 bits per heavy atom. The summed E-state index contributed by atoms with van der Waals surface area (Å²) in [6.45, 7) is 0. The van der Waals surface area contributed by atoms with Crippen molar-refractivity contribution in [3.8, 4) is 0 Å². The van der Waals surface area contributed by atoms with Gasteiger partial charge >= 0.3 is 0 Å². The van der Waals surface area contributed by atoms with Gasteiger partial charge in [0, 0.05) is 17.3 Å². The number of aromatic nitrogens is 1. The molecule has 1 amide bonds. The molecule has 0 bridgehead atoms. The lowest BCUT2D eigenvalue weighted by Crippen LogP contribution is -2.11. The van der Waals surface area contributed by atoms with Crippen LogP contribution < -0.4 is 5.32 Å². The molecule has 0 aliphatic heterocycles. The second-order valence-electron chi connectivity index (χ2n) is 2.80. The summed E-state index contributed by atoms with van der Waals surface area (Å²) in [6.07, 6.45) is 1.56. The number of carbonyl (C=O) groups excluding carboxylic acids is 1. The van der Waals surface area contributed by atoms with E-state index in [1.807, 2.05) is 0 Å². The van der Waals surface area contributed by atoms with Crippen LogP contribution in [0.2, 0.25) is 0 Å². The fourth-order valence-corrected chi connectivity index (χ4v) is 1.58. The van der Waals surface area contributed by atoms with Gasteiger partial charge in [0.2, 0.25) is 0 Å². The molecule has 2 rings (SSSR count). The van der Waals surface area contributed by atoms with Crippen molar-refractivity contribution in [2.75, 3.05) is 5.32 Å². The molecule has 0 aliphatic carbocycles. The number of anilines is 1. The number of hydrogen-bond acceptors (Lipinski definition) is 3. The highest BCUT2D eigenvalue weighted by Gasteiger charge is 2.07. The summed E-state index contributed by atoms with van der Waals surface area (Å²) < 4.78 is 12.6. The molecular weight excluding hydrogens is 215 g/mol. The average molecular weight is 222 g/mol. The fourth-order valence-electron chi connectivity index (χ4n) is 1.05. The van der Waals surface area contributed by atoms with E-state index in [1.165, 1.54) is 35.6 Å². The lowest BCUT2D eigenvalue weighted by molar-refractivity contribution is 0.102. The Bertz CT molecular complexity index is 453. The Kier molecular flexibility index (Phi) is 2.73. The third-order valence-corrected chi connectivity index (χ3v) is 2.50. The summed E-state index contributed by atoms with van der Waals surface area (Å²) in [5.74, 6) is -0.612. The van der Waals surface area contributed by atoms with Crippen molar-refractivity contribution < 1.29 is 9.18 Å². The maximum Gasteiger partial charge on any atom is 0.284 e. The first-order valence-corrected chi connectivity index (χ1v) is 5.10. The molecule has 15 heavy (non-hydrogen) atoms. The highest BCUT2D eigenvalue weighted by molar-refractivity contribution is 7.11. The van der Waals surface area contributed by atoms with E-state index in [0.29, 0.717) is 10.7 Å². The van der Waals surface area contributed by atoms with Crippen LogP contribution in [-0.2, 0) is 0 Å². The number of benzene rings is 1. The summed E-state index contributed by atoms with van der Waals surface area (Å²) in [6, 6.07) is 5.58.